The van der Waals surface area contributed by atoms with Crippen LogP contribution in [0.15, 0.2) is 36.4 Å². The van der Waals surface area contributed by atoms with Gasteiger partial charge in [-0.15, -0.1) is 0 Å². The molecule has 23 heavy (non-hydrogen) atoms. The molecule has 0 unspecified atom stereocenters. The minimum Gasteiger partial charge on any atom is -0.495 e. The molecular formula is C16H14Cl2N2O3. The first-order chi connectivity index (χ1) is 10.9. The molecule has 2 rings (SSSR count). The molecule has 120 valence electrons. The van der Waals surface area contributed by atoms with E-state index >= 15 is 0 Å². The van der Waals surface area contributed by atoms with Gasteiger partial charge in [0.2, 0.25) is 0 Å². The molecule has 0 aliphatic heterocycles. The molecule has 0 saturated carbocycles. The first-order valence-corrected chi connectivity index (χ1v) is 7.38. The van der Waals surface area contributed by atoms with Crippen molar-refractivity contribution in [2.75, 3.05) is 17.7 Å². The molecule has 2 aromatic carbocycles. The van der Waals surface area contributed by atoms with Gasteiger partial charge in [0.15, 0.2) is 0 Å². The number of halogens is 2. The Bertz CT molecular complexity index is 763. The van der Waals surface area contributed by atoms with E-state index in [4.69, 9.17) is 27.9 Å². The standard InChI is InChI=1S/C16H14Cl2N2O3/c1-9-3-6-14(23-2)13(7-9)20-16(22)15(21)19-12-8-10(17)4-5-11(12)18/h3-8H,1-2H3,(H,19,21)(H,20,22). The summed E-state index contributed by atoms with van der Waals surface area (Å²) >= 11 is 11.8. The third-order valence-corrected chi connectivity index (χ3v) is 3.55. The lowest BCUT2D eigenvalue weighted by Gasteiger charge is -2.11. The Kier molecular flexibility index (Phi) is 5.47. The molecule has 5 nitrogen and oxygen atoms in total. The van der Waals surface area contributed by atoms with Gasteiger partial charge >= 0.3 is 11.8 Å². The van der Waals surface area contributed by atoms with E-state index < -0.39 is 11.8 Å². The highest BCUT2D eigenvalue weighted by Crippen LogP contribution is 2.27. The van der Waals surface area contributed by atoms with Crippen LogP contribution in [0.5, 0.6) is 5.75 Å². The summed E-state index contributed by atoms with van der Waals surface area (Å²) in [6, 6.07) is 9.81. The monoisotopic (exact) mass is 352 g/mol. The summed E-state index contributed by atoms with van der Waals surface area (Å²) in [5.41, 5.74) is 1.58. The number of ether oxygens (including phenoxy) is 1. The molecule has 2 amide bonds. The van der Waals surface area contributed by atoms with E-state index in [1.807, 2.05) is 13.0 Å². The number of carbonyl (C=O) groups is 2. The normalized spacial score (nSPS) is 10.1. The minimum absolute atomic E-state index is 0.260. The van der Waals surface area contributed by atoms with Crippen molar-refractivity contribution >= 4 is 46.4 Å². The number of amides is 2. The number of benzene rings is 2. The van der Waals surface area contributed by atoms with E-state index in [1.54, 1.807) is 18.2 Å². The van der Waals surface area contributed by atoms with Crippen LogP contribution in [0.4, 0.5) is 11.4 Å². The molecule has 0 radical (unpaired) electrons. The van der Waals surface area contributed by atoms with Gasteiger partial charge in [-0.2, -0.15) is 0 Å². The smallest absolute Gasteiger partial charge is 0.314 e. The maximum absolute atomic E-state index is 12.0. The molecule has 0 saturated heterocycles. The maximum Gasteiger partial charge on any atom is 0.314 e. The highest BCUT2D eigenvalue weighted by molar-refractivity contribution is 6.45. The molecule has 2 N–H and O–H groups in total. The summed E-state index contributed by atoms with van der Waals surface area (Å²) in [5.74, 6) is -1.25. The lowest BCUT2D eigenvalue weighted by Crippen LogP contribution is -2.29. The highest BCUT2D eigenvalue weighted by Gasteiger charge is 2.17. The average molecular weight is 353 g/mol. The number of anilines is 2. The van der Waals surface area contributed by atoms with Crippen LogP contribution in [0.3, 0.4) is 0 Å². The van der Waals surface area contributed by atoms with Crippen LogP contribution < -0.4 is 15.4 Å². The number of rotatable bonds is 3. The second-order valence-electron chi connectivity index (χ2n) is 4.74. The van der Waals surface area contributed by atoms with Crippen LogP contribution in [0.2, 0.25) is 10.0 Å². The van der Waals surface area contributed by atoms with E-state index in [2.05, 4.69) is 10.6 Å². The number of carbonyl (C=O) groups excluding carboxylic acids is 2. The van der Waals surface area contributed by atoms with Crippen molar-refractivity contribution in [3.8, 4) is 5.75 Å². The number of hydrogen-bond donors (Lipinski definition) is 2. The number of nitrogens with one attached hydrogen (secondary N) is 2. The van der Waals surface area contributed by atoms with Gasteiger partial charge in [-0.25, -0.2) is 0 Å². The third kappa shape index (κ3) is 4.37. The van der Waals surface area contributed by atoms with E-state index in [0.717, 1.165) is 5.56 Å². The Hall–Kier alpha value is -2.24. The highest BCUT2D eigenvalue weighted by atomic mass is 35.5. The summed E-state index contributed by atoms with van der Waals surface area (Å²) in [7, 11) is 1.48. The van der Waals surface area contributed by atoms with Crippen molar-refractivity contribution in [1.82, 2.24) is 0 Å². The summed E-state index contributed by atoms with van der Waals surface area (Å²) in [6.45, 7) is 1.86. The lowest BCUT2D eigenvalue weighted by atomic mass is 10.2. The quantitative estimate of drug-likeness (QED) is 0.823. The van der Waals surface area contributed by atoms with Crippen LogP contribution >= 0.6 is 23.2 Å². The second-order valence-corrected chi connectivity index (χ2v) is 5.58. The zero-order chi connectivity index (χ0) is 17.0. The number of aryl methyl sites for hydroxylation is 1. The van der Waals surface area contributed by atoms with Crippen molar-refractivity contribution in [2.24, 2.45) is 0 Å². The van der Waals surface area contributed by atoms with E-state index in [-0.39, 0.29) is 10.7 Å². The molecule has 7 heteroatoms. The fraction of sp³-hybridized carbons (Fsp3) is 0.125. The number of methoxy groups -OCH3 is 1. The van der Waals surface area contributed by atoms with Crippen LogP contribution in [0.25, 0.3) is 0 Å². The first kappa shape index (κ1) is 17.1. The molecule has 0 atom stereocenters. The topological polar surface area (TPSA) is 67.4 Å². The Morgan fingerprint density at radius 2 is 1.61 bits per heavy atom. The van der Waals surface area contributed by atoms with Crippen molar-refractivity contribution in [3.05, 3.63) is 52.0 Å². The van der Waals surface area contributed by atoms with E-state index in [9.17, 15) is 9.59 Å². The van der Waals surface area contributed by atoms with Gasteiger partial charge in [0.1, 0.15) is 5.75 Å². The molecule has 0 heterocycles. The molecule has 0 aromatic heterocycles. The van der Waals surface area contributed by atoms with Crippen molar-refractivity contribution in [3.63, 3.8) is 0 Å². The number of hydrogen-bond acceptors (Lipinski definition) is 3. The van der Waals surface area contributed by atoms with Gasteiger partial charge in [0.25, 0.3) is 0 Å². The molecule has 0 fully saturated rings. The average Bonchev–Trinajstić information content (AvgIpc) is 2.51. The van der Waals surface area contributed by atoms with Gasteiger partial charge in [0, 0.05) is 5.02 Å². The Labute approximate surface area is 143 Å². The predicted molar refractivity (Wildman–Crippen MR) is 91.5 cm³/mol. The zero-order valence-corrected chi connectivity index (χ0v) is 14.0. The molecule has 0 aliphatic rings. The third-order valence-electron chi connectivity index (χ3n) is 2.99. The predicted octanol–water partition coefficient (Wildman–Crippen LogP) is 3.89. The fourth-order valence-electron chi connectivity index (χ4n) is 1.87. The Morgan fingerprint density at radius 1 is 0.957 bits per heavy atom. The van der Waals surface area contributed by atoms with Gasteiger partial charge < -0.3 is 15.4 Å². The summed E-state index contributed by atoms with van der Waals surface area (Å²) in [6.07, 6.45) is 0. The first-order valence-electron chi connectivity index (χ1n) is 6.62. The van der Waals surface area contributed by atoms with Crippen LogP contribution in [-0.2, 0) is 9.59 Å². The second kappa shape index (κ2) is 7.35. The van der Waals surface area contributed by atoms with Crippen molar-refractivity contribution < 1.29 is 14.3 Å². The van der Waals surface area contributed by atoms with Crippen LogP contribution in [-0.4, -0.2) is 18.9 Å². The van der Waals surface area contributed by atoms with Gasteiger partial charge in [-0.05, 0) is 42.8 Å². The van der Waals surface area contributed by atoms with Crippen molar-refractivity contribution in [1.29, 1.82) is 0 Å². The Morgan fingerprint density at radius 3 is 2.26 bits per heavy atom. The van der Waals surface area contributed by atoms with E-state index in [0.29, 0.717) is 16.5 Å². The summed E-state index contributed by atoms with van der Waals surface area (Å²) in [4.78, 5) is 24.0. The molecule has 2 aromatic rings. The van der Waals surface area contributed by atoms with Crippen LogP contribution in [0.1, 0.15) is 5.56 Å². The van der Waals surface area contributed by atoms with Gasteiger partial charge in [-0.1, -0.05) is 29.3 Å². The van der Waals surface area contributed by atoms with Gasteiger partial charge in [0.05, 0.1) is 23.5 Å². The van der Waals surface area contributed by atoms with Crippen LogP contribution in [0, 0.1) is 6.92 Å². The zero-order valence-electron chi connectivity index (χ0n) is 12.4. The Balaban J connectivity index is 2.13. The largest absolute Gasteiger partial charge is 0.495 e. The molecule has 0 aliphatic carbocycles. The fourth-order valence-corrected chi connectivity index (χ4v) is 2.21. The summed E-state index contributed by atoms with van der Waals surface area (Å²) in [5, 5.41) is 5.59. The molecule has 0 spiro atoms. The van der Waals surface area contributed by atoms with Crippen molar-refractivity contribution in [2.45, 2.75) is 6.92 Å². The van der Waals surface area contributed by atoms with E-state index in [1.165, 1.54) is 19.2 Å². The molecule has 0 bridgehead atoms. The minimum atomic E-state index is -0.863. The molecular weight excluding hydrogens is 339 g/mol. The summed E-state index contributed by atoms with van der Waals surface area (Å²) < 4.78 is 5.15. The lowest BCUT2D eigenvalue weighted by molar-refractivity contribution is -0.133. The van der Waals surface area contributed by atoms with Gasteiger partial charge in [-0.3, -0.25) is 9.59 Å². The SMILES string of the molecule is COc1ccc(C)cc1NC(=O)C(=O)Nc1cc(Cl)ccc1Cl. The maximum atomic E-state index is 12.0.